The van der Waals surface area contributed by atoms with E-state index in [1.54, 1.807) is 41.3 Å². The third-order valence-corrected chi connectivity index (χ3v) is 7.35. The summed E-state index contributed by atoms with van der Waals surface area (Å²) in [4.78, 5) is 28.9. The zero-order chi connectivity index (χ0) is 25.5. The van der Waals surface area contributed by atoms with Gasteiger partial charge in [-0.05, 0) is 47.7 Å². The summed E-state index contributed by atoms with van der Waals surface area (Å²) in [6.07, 6.45) is 4.19. The van der Waals surface area contributed by atoms with Crippen molar-refractivity contribution in [1.82, 2.24) is 10.2 Å². The molecular formula is C29H29Cl2FN2O2. The molecule has 3 aromatic rings. The van der Waals surface area contributed by atoms with Crippen LogP contribution in [0.15, 0.2) is 72.8 Å². The van der Waals surface area contributed by atoms with Crippen LogP contribution in [0.1, 0.15) is 42.4 Å². The molecule has 0 heterocycles. The minimum Gasteiger partial charge on any atom is -0.352 e. The van der Waals surface area contributed by atoms with Gasteiger partial charge >= 0.3 is 0 Å². The summed E-state index contributed by atoms with van der Waals surface area (Å²) < 4.78 is 14.4. The maximum atomic E-state index is 14.4. The second kappa shape index (κ2) is 12.4. The van der Waals surface area contributed by atoms with Crippen LogP contribution in [0, 0.1) is 5.82 Å². The molecule has 0 aliphatic heterocycles. The zero-order valence-corrected chi connectivity index (χ0v) is 21.4. The van der Waals surface area contributed by atoms with E-state index in [2.05, 4.69) is 5.32 Å². The minimum absolute atomic E-state index is 0.101. The van der Waals surface area contributed by atoms with Gasteiger partial charge in [0.15, 0.2) is 0 Å². The summed E-state index contributed by atoms with van der Waals surface area (Å²) in [6.45, 7) is 0.139. The number of halogens is 3. The van der Waals surface area contributed by atoms with E-state index in [4.69, 9.17) is 23.2 Å². The molecule has 188 valence electrons. The number of nitrogens with zero attached hydrogens (tertiary/aromatic N) is 1. The van der Waals surface area contributed by atoms with Gasteiger partial charge in [0, 0.05) is 19.0 Å². The van der Waals surface area contributed by atoms with Crippen molar-refractivity contribution < 1.29 is 14.0 Å². The summed E-state index contributed by atoms with van der Waals surface area (Å²) in [6, 6.07) is 20.3. The highest BCUT2D eigenvalue weighted by Gasteiger charge is 2.32. The first-order chi connectivity index (χ1) is 17.4. The fraction of sp³-hybridized carbons (Fsp3) is 0.310. The van der Waals surface area contributed by atoms with Gasteiger partial charge in [-0.25, -0.2) is 4.39 Å². The lowest BCUT2D eigenvalue weighted by atomic mass is 10.0. The standard InChI is InChI=1S/C29H29Cl2FN2O2/c30-24-15-14-21(16-25(24)31)19-34(28(35)18-22-10-4-7-13-26(22)32)27(17-20-8-2-1-3-9-20)29(36)33-23-11-5-6-12-23/h1-4,7-10,13-16,23,27H,5-6,11-12,17-19H2,(H,33,36). The summed E-state index contributed by atoms with van der Waals surface area (Å²) in [5, 5.41) is 3.94. The molecule has 0 aromatic heterocycles. The van der Waals surface area contributed by atoms with Crippen molar-refractivity contribution in [2.75, 3.05) is 0 Å². The Morgan fingerprint density at radius 3 is 2.31 bits per heavy atom. The van der Waals surface area contributed by atoms with Gasteiger partial charge in [-0.2, -0.15) is 0 Å². The average Bonchev–Trinajstić information content (AvgIpc) is 3.38. The summed E-state index contributed by atoms with van der Waals surface area (Å²) >= 11 is 12.4. The third-order valence-electron chi connectivity index (χ3n) is 6.61. The van der Waals surface area contributed by atoms with E-state index < -0.39 is 11.9 Å². The Morgan fingerprint density at radius 2 is 1.61 bits per heavy atom. The molecule has 0 radical (unpaired) electrons. The number of rotatable bonds is 9. The first-order valence-electron chi connectivity index (χ1n) is 12.2. The predicted molar refractivity (Wildman–Crippen MR) is 141 cm³/mol. The zero-order valence-electron chi connectivity index (χ0n) is 19.9. The van der Waals surface area contributed by atoms with Crippen LogP contribution in [0.2, 0.25) is 10.0 Å². The molecule has 1 saturated carbocycles. The van der Waals surface area contributed by atoms with Crippen LogP contribution in [-0.2, 0) is 29.0 Å². The average molecular weight is 527 g/mol. The van der Waals surface area contributed by atoms with Crippen molar-refractivity contribution in [3.8, 4) is 0 Å². The van der Waals surface area contributed by atoms with Crippen LogP contribution in [-0.4, -0.2) is 28.8 Å². The molecule has 4 rings (SSSR count). The van der Waals surface area contributed by atoms with E-state index in [-0.39, 0.29) is 36.4 Å². The molecule has 4 nitrogen and oxygen atoms in total. The van der Waals surface area contributed by atoms with Gasteiger partial charge in [0.1, 0.15) is 11.9 Å². The molecule has 3 aromatic carbocycles. The van der Waals surface area contributed by atoms with E-state index in [0.717, 1.165) is 36.8 Å². The smallest absolute Gasteiger partial charge is 0.243 e. The molecule has 36 heavy (non-hydrogen) atoms. The van der Waals surface area contributed by atoms with Gasteiger partial charge in [-0.15, -0.1) is 0 Å². The molecule has 1 unspecified atom stereocenters. The third kappa shape index (κ3) is 6.86. The predicted octanol–water partition coefficient (Wildman–Crippen LogP) is 6.37. The number of benzene rings is 3. The Morgan fingerprint density at radius 1 is 0.917 bits per heavy atom. The molecule has 2 amide bonds. The molecule has 1 fully saturated rings. The van der Waals surface area contributed by atoms with E-state index >= 15 is 0 Å². The Balaban J connectivity index is 1.68. The topological polar surface area (TPSA) is 49.4 Å². The van der Waals surface area contributed by atoms with Gasteiger partial charge in [-0.3, -0.25) is 9.59 Å². The van der Waals surface area contributed by atoms with Crippen LogP contribution in [0.4, 0.5) is 4.39 Å². The number of hydrogen-bond donors (Lipinski definition) is 1. The van der Waals surface area contributed by atoms with E-state index in [1.165, 1.54) is 6.07 Å². The maximum absolute atomic E-state index is 14.4. The highest BCUT2D eigenvalue weighted by molar-refractivity contribution is 6.42. The Kier molecular flexibility index (Phi) is 9.00. The molecule has 1 aliphatic carbocycles. The second-order valence-electron chi connectivity index (χ2n) is 9.23. The van der Waals surface area contributed by atoms with Gasteiger partial charge in [0.25, 0.3) is 0 Å². The van der Waals surface area contributed by atoms with Crippen molar-refractivity contribution in [2.24, 2.45) is 0 Å². The van der Waals surface area contributed by atoms with Crippen LogP contribution in [0.3, 0.4) is 0 Å². The van der Waals surface area contributed by atoms with Crippen molar-refractivity contribution in [3.63, 3.8) is 0 Å². The fourth-order valence-corrected chi connectivity index (χ4v) is 4.98. The van der Waals surface area contributed by atoms with Gasteiger partial charge < -0.3 is 10.2 Å². The number of carbonyl (C=O) groups is 2. The quantitative estimate of drug-likeness (QED) is 0.352. The number of hydrogen-bond acceptors (Lipinski definition) is 2. The summed E-state index contributed by atoms with van der Waals surface area (Å²) in [7, 11) is 0. The monoisotopic (exact) mass is 526 g/mol. The number of nitrogens with one attached hydrogen (secondary N) is 1. The molecule has 7 heteroatoms. The maximum Gasteiger partial charge on any atom is 0.243 e. The van der Waals surface area contributed by atoms with E-state index in [9.17, 15) is 14.0 Å². The lowest BCUT2D eigenvalue weighted by molar-refractivity contribution is -0.141. The van der Waals surface area contributed by atoms with Crippen molar-refractivity contribution in [3.05, 3.63) is 105 Å². The number of carbonyl (C=O) groups excluding carboxylic acids is 2. The SMILES string of the molecule is O=C(NC1CCCC1)C(Cc1ccccc1)N(Cc1ccc(Cl)c(Cl)c1)C(=O)Cc1ccccc1F. The fourth-order valence-electron chi connectivity index (χ4n) is 4.66. The Labute approximate surface area is 221 Å². The van der Waals surface area contributed by atoms with E-state index in [0.29, 0.717) is 16.5 Å². The van der Waals surface area contributed by atoms with Crippen LogP contribution in [0.25, 0.3) is 0 Å². The molecule has 1 atom stereocenters. The summed E-state index contributed by atoms with van der Waals surface area (Å²) in [5.41, 5.74) is 1.95. The van der Waals surface area contributed by atoms with Gasteiger partial charge in [0.05, 0.1) is 16.5 Å². The van der Waals surface area contributed by atoms with Crippen molar-refractivity contribution >= 4 is 35.0 Å². The lowest BCUT2D eigenvalue weighted by Crippen LogP contribution is -2.52. The molecule has 0 bridgehead atoms. The van der Waals surface area contributed by atoms with Crippen LogP contribution >= 0.6 is 23.2 Å². The van der Waals surface area contributed by atoms with Crippen molar-refractivity contribution in [1.29, 1.82) is 0 Å². The highest BCUT2D eigenvalue weighted by atomic mass is 35.5. The van der Waals surface area contributed by atoms with E-state index in [1.807, 2.05) is 30.3 Å². The van der Waals surface area contributed by atoms with Gasteiger partial charge in [0.2, 0.25) is 11.8 Å². The molecule has 0 spiro atoms. The van der Waals surface area contributed by atoms with Crippen LogP contribution in [0.5, 0.6) is 0 Å². The molecule has 1 aliphatic rings. The van der Waals surface area contributed by atoms with Crippen LogP contribution < -0.4 is 5.32 Å². The largest absolute Gasteiger partial charge is 0.352 e. The van der Waals surface area contributed by atoms with Gasteiger partial charge in [-0.1, -0.05) is 90.6 Å². The first kappa shape index (κ1) is 26.2. The van der Waals surface area contributed by atoms with Crippen molar-refractivity contribution in [2.45, 2.75) is 57.2 Å². The molecule has 0 saturated heterocycles. The Hall–Kier alpha value is -2.89. The Bertz CT molecular complexity index is 1200. The second-order valence-corrected chi connectivity index (χ2v) is 10.0. The highest BCUT2D eigenvalue weighted by Crippen LogP contribution is 2.25. The minimum atomic E-state index is -0.776. The summed E-state index contributed by atoms with van der Waals surface area (Å²) in [5.74, 6) is -0.989. The normalized spacial score (nSPS) is 14.4. The molecular weight excluding hydrogens is 498 g/mol. The first-order valence-corrected chi connectivity index (χ1v) is 13.0. The lowest BCUT2D eigenvalue weighted by Gasteiger charge is -2.32. The molecule has 1 N–H and O–H groups in total. The number of amides is 2.